The summed E-state index contributed by atoms with van der Waals surface area (Å²) in [5.74, 6) is 1.85. The number of aromatic nitrogens is 3. The summed E-state index contributed by atoms with van der Waals surface area (Å²) in [6.07, 6.45) is 0. The summed E-state index contributed by atoms with van der Waals surface area (Å²) in [6.45, 7) is 0. The molecule has 0 radical (unpaired) electrons. The van der Waals surface area contributed by atoms with Gasteiger partial charge in [-0.15, -0.1) is 0 Å². The van der Waals surface area contributed by atoms with Crippen LogP contribution in [0.5, 0.6) is 0 Å². The maximum atomic E-state index is 6.13. The fraction of sp³-hybridized carbons (Fsp3) is 0. The molecule has 4 aromatic carbocycles. The average Bonchev–Trinajstić information content (AvgIpc) is 2.79. The van der Waals surface area contributed by atoms with E-state index in [1.165, 1.54) is 5.39 Å². The Morgan fingerprint density at radius 1 is 0.567 bits per heavy atom. The van der Waals surface area contributed by atoms with E-state index in [0.29, 0.717) is 22.5 Å². The summed E-state index contributed by atoms with van der Waals surface area (Å²) in [6, 6.07) is 30.0. The van der Waals surface area contributed by atoms with Gasteiger partial charge in [-0.05, 0) is 51.0 Å². The highest BCUT2D eigenvalue weighted by Gasteiger charge is 2.14. The average molecular weight is 473 g/mol. The molecule has 5 heteroatoms. The van der Waals surface area contributed by atoms with Crippen LogP contribution in [0.1, 0.15) is 0 Å². The van der Waals surface area contributed by atoms with Gasteiger partial charge in [-0.2, -0.15) is 0 Å². The Balaban J connectivity index is 1.73. The topological polar surface area (TPSA) is 38.7 Å². The van der Waals surface area contributed by atoms with Crippen LogP contribution in [0.3, 0.4) is 0 Å². The van der Waals surface area contributed by atoms with Crippen molar-refractivity contribution < 1.29 is 0 Å². The molecule has 3 nitrogen and oxygen atoms in total. The Labute approximate surface area is 187 Å². The number of rotatable bonds is 3. The van der Waals surface area contributed by atoms with Gasteiger partial charge >= 0.3 is 0 Å². The van der Waals surface area contributed by atoms with Gasteiger partial charge in [0.15, 0.2) is 17.5 Å². The third kappa shape index (κ3) is 3.72. The van der Waals surface area contributed by atoms with E-state index in [0.717, 1.165) is 26.5 Å². The molecule has 30 heavy (non-hydrogen) atoms. The Morgan fingerprint density at radius 3 is 2.00 bits per heavy atom. The lowest BCUT2D eigenvalue weighted by Crippen LogP contribution is -2.00. The summed E-state index contributed by atoms with van der Waals surface area (Å²) in [5.41, 5.74) is 2.74. The van der Waals surface area contributed by atoms with E-state index < -0.39 is 0 Å². The minimum Gasteiger partial charge on any atom is -0.208 e. The van der Waals surface area contributed by atoms with E-state index in [-0.39, 0.29) is 0 Å². The third-order valence-electron chi connectivity index (χ3n) is 4.85. The first kappa shape index (κ1) is 18.9. The van der Waals surface area contributed by atoms with Gasteiger partial charge in [-0.25, -0.2) is 15.0 Å². The second kappa shape index (κ2) is 7.98. The second-order valence-corrected chi connectivity index (χ2v) is 8.15. The Bertz CT molecular complexity index is 1370. The van der Waals surface area contributed by atoms with Crippen LogP contribution in [0.25, 0.3) is 44.9 Å². The highest BCUT2D eigenvalue weighted by molar-refractivity contribution is 9.10. The zero-order valence-electron chi connectivity index (χ0n) is 15.8. The maximum Gasteiger partial charge on any atom is 0.165 e. The number of fused-ring (bicyclic) bond motifs is 1. The minimum atomic E-state index is 0.593. The van der Waals surface area contributed by atoms with E-state index in [9.17, 15) is 0 Å². The van der Waals surface area contributed by atoms with Gasteiger partial charge in [-0.3, -0.25) is 0 Å². The lowest BCUT2D eigenvalue weighted by atomic mass is 10.1. The van der Waals surface area contributed by atoms with Crippen molar-refractivity contribution in [3.8, 4) is 34.2 Å². The molecular formula is C25H15BrClN3. The first-order valence-electron chi connectivity index (χ1n) is 9.43. The smallest absolute Gasteiger partial charge is 0.165 e. The lowest BCUT2D eigenvalue weighted by molar-refractivity contribution is 1.07. The van der Waals surface area contributed by atoms with Crippen molar-refractivity contribution in [1.82, 2.24) is 15.0 Å². The van der Waals surface area contributed by atoms with E-state index in [1.54, 1.807) is 0 Å². The van der Waals surface area contributed by atoms with E-state index >= 15 is 0 Å². The summed E-state index contributed by atoms with van der Waals surface area (Å²) in [4.78, 5) is 14.3. The standard InChI is InChI=1S/C25H15BrClN3/c26-22-15-20(27)12-13-21(22)25-29-23(17-7-2-1-3-8-17)28-24(30-25)19-11-10-16-6-4-5-9-18(16)14-19/h1-15H. The summed E-state index contributed by atoms with van der Waals surface area (Å²) in [7, 11) is 0. The van der Waals surface area contributed by atoms with Crippen molar-refractivity contribution in [1.29, 1.82) is 0 Å². The van der Waals surface area contributed by atoms with Gasteiger partial charge in [0.1, 0.15) is 0 Å². The number of halogens is 2. The monoisotopic (exact) mass is 471 g/mol. The highest BCUT2D eigenvalue weighted by atomic mass is 79.9. The molecule has 5 rings (SSSR count). The first-order valence-corrected chi connectivity index (χ1v) is 10.6. The fourth-order valence-electron chi connectivity index (χ4n) is 3.34. The molecular weight excluding hydrogens is 458 g/mol. The molecule has 0 spiro atoms. The van der Waals surface area contributed by atoms with Crippen molar-refractivity contribution in [2.75, 3.05) is 0 Å². The molecule has 0 atom stereocenters. The molecule has 0 fully saturated rings. The molecule has 0 aliphatic heterocycles. The van der Waals surface area contributed by atoms with Crippen LogP contribution >= 0.6 is 27.5 Å². The molecule has 0 unspecified atom stereocenters. The molecule has 0 aliphatic rings. The SMILES string of the molecule is Clc1ccc(-c2nc(-c3ccccc3)nc(-c3ccc4ccccc4c3)n2)c(Br)c1. The highest BCUT2D eigenvalue weighted by Crippen LogP contribution is 2.31. The molecule has 0 saturated heterocycles. The molecule has 1 heterocycles. The Hall–Kier alpha value is -3.08. The van der Waals surface area contributed by atoms with Crippen LogP contribution < -0.4 is 0 Å². The van der Waals surface area contributed by atoms with E-state index in [4.69, 9.17) is 26.6 Å². The zero-order chi connectivity index (χ0) is 20.5. The number of hydrogen-bond acceptors (Lipinski definition) is 3. The number of benzene rings is 4. The van der Waals surface area contributed by atoms with Crippen LogP contribution in [-0.4, -0.2) is 15.0 Å². The van der Waals surface area contributed by atoms with Gasteiger partial charge in [0.05, 0.1) is 0 Å². The van der Waals surface area contributed by atoms with Crippen molar-refractivity contribution in [2.45, 2.75) is 0 Å². The minimum absolute atomic E-state index is 0.593. The largest absolute Gasteiger partial charge is 0.208 e. The predicted molar refractivity (Wildman–Crippen MR) is 126 cm³/mol. The molecule has 1 aromatic heterocycles. The van der Waals surface area contributed by atoms with Crippen molar-refractivity contribution in [2.24, 2.45) is 0 Å². The molecule has 5 aromatic rings. The van der Waals surface area contributed by atoms with Crippen molar-refractivity contribution >= 4 is 38.3 Å². The van der Waals surface area contributed by atoms with Crippen LogP contribution in [-0.2, 0) is 0 Å². The predicted octanol–water partition coefficient (Wildman–Crippen LogP) is 7.44. The molecule has 0 aliphatic carbocycles. The quantitative estimate of drug-likeness (QED) is 0.274. The summed E-state index contributed by atoms with van der Waals surface area (Å²) < 4.78 is 0.838. The molecule has 0 bridgehead atoms. The first-order chi connectivity index (χ1) is 14.7. The maximum absolute atomic E-state index is 6.13. The van der Waals surface area contributed by atoms with Crippen molar-refractivity contribution in [3.63, 3.8) is 0 Å². The van der Waals surface area contributed by atoms with Gasteiger partial charge in [0.25, 0.3) is 0 Å². The normalized spacial score (nSPS) is 11.0. The summed E-state index contributed by atoms with van der Waals surface area (Å²) in [5, 5.41) is 2.97. The fourth-order valence-corrected chi connectivity index (χ4v) is 4.20. The van der Waals surface area contributed by atoms with Crippen LogP contribution in [0, 0.1) is 0 Å². The van der Waals surface area contributed by atoms with Gasteiger partial charge in [0, 0.05) is 26.2 Å². The number of nitrogens with zero attached hydrogens (tertiary/aromatic N) is 3. The molecule has 0 saturated carbocycles. The third-order valence-corrected chi connectivity index (χ3v) is 5.74. The number of hydrogen-bond donors (Lipinski definition) is 0. The molecule has 0 amide bonds. The van der Waals surface area contributed by atoms with Crippen LogP contribution in [0.4, 0.5) is 0 Å². The Kier molecular flexibility index (Phi) is 5.03. The molecule has 0 N–H and O–H groups in total. The summed E-state index contributed by atoms with van der Waals surface area (Å²) >= 11 is 9.72. The van der Waals surface area contributed by atoms with Gasteiger partial charge < -0.3 is 0 Å². The van der Waals surface area contributed by atoms with E-state index in [1.807, 2.05) is 66.7 Å². The molecule has 144 valence electrons. The van der Waals surface area contributed by atoms with Crippen LogP contribution in [0.15, 0.2) is 95.5 Å². The van der Waals surface area contributed by atoms with Gasteiger partial charge in [0.2, 0.25) is 0 Å². The van der Waals surface area contributed by atoms with Crippen LogP contribution in [0.2, 0.25) is 5.02 Å². The van der Waals surface area contributed by atoms with E-state index in [2.05, 4.69) is 40.2 Å². The lowest BCUT2D eigenvalue weighted by Gasteiger charge is -2.10. The zero-order valence-corrected chi connectivity index (χ0v) is 18.1. The van der Waals surface area contributed by atoms with Crippen molar-refractivity contribution in [3.05, 3.63) is 100 Å². The van der Waals surface area contributed by atoms with Gasteiger partial charge in [-0.1, -0.05) is 78.3 Å². The second-order valence-electron chi connectivity index (χ2n) is 6.86. The Morgan fingerprint density at radius 2 is 1.23 bits per heavy atom.